The van der Waals surface area contributed by atoms with Crippen molar-refractivity contribution in [3.05, 3.63) is 67.9 Å². The highest BCUT2D eigenvalue weighted by Crippen LogP contribution is 2.32. The van der Waals surface area contributed by atoms with Crippen LogP contribution >= 0.6 is 39.1 Å². The zero-order valence-corrected chi connectivity index (χ0v) is 12.8. The number of benzene rings is 2. The summed E-state index contributed by atoms with van der Waals surface area (Å²) in [6.07, 6.45) is -0.777. The highest BCUT2D eigenvalue weighted by Gasteiger charge is 2.16. The van der Waals surface area contributed by atoms with Crippen molar-refractivity contribution >= 4 is 39.1 Å². The highest BCUT2D eigenvalue weighted by molar-refractivity contribution is 9.10. The molecule has 0 aliphatic carbocycles. The molecule has 19 heavy (non-hydrogen) atoms. The summed E-state index contributed by atoms with van der Waals surface area (Å²) in [6.45, 7) is 0. The lowest BCUT2D eigenvalue weighted by Crippen LogP contribution is -2.04. The van der Waals surface area contributed by atoms with Gasteiger partial charge in [-0.15, -0.1) is 0 Å². The summed E-state index contributed by atoms with van der Waals surface area (Å²) in [5.74, 6) is -0.394. The van der Waals surface area contributed by atoms with Crippen molar-refractivity contribution < 1.29 is 9.50 Å². The first-order valence-electron chi connectivity index (χ1n) is 5.55. The second-order valence-electron chi connectivity index (χ2n) is 4.10. The molecule has 0 bridgehead atoms. The molecule has 2 aromatic rings. The van der Waals surface area contributed by atoms with Crippen LogP contribution in [0.1, 0.15) is 17.2 Å². The van der Waals surface area contributed by atoms with Crippen molar-refractivity contribution in [3.8, 4) is 0 Å². The Kier molecular flexibility index (Phi) is 4.85. The van der Waals surface area contributed by atoms with Gasteiger partial charge in [0.05, 0.1) is 11.1 Å². The number of hydrogen-bond acceptors (Lipinski definition) is 1. The third-order valence-corrected chi connectivity index (χ3v) is 4.31. The highest BCUT2D eigenvalue weighted by atomic mass is 79.9. The lowest BCUT2D eigenvalue weighted by Gasteiger charge is -2.14. The summed E-state index contributed by atoms with van der Waals surface area (Å²) >= 11 is 15.2. The molecule has 0 aliphatic heterocycles. The van der Waals surface area contributed by atoms with Gasteiger partial charge in [-0.05, 0) is 45.8 Å². The van der Waals surface area contributed by atoms with Crippen molar-refractivity contribution in [1.29, 1.82) is 0 Å². The number of aliphatic hydroxyl groups excluding tert-OH is 1. The van der Waals surface area contributed by atoms with E-state index in [1.165, 1.54) is 18.2 Å². The molecule has 0 radical (unpaired) electrons. The number of halogens is 4. The molecule has 100 valence electrons. The number of rotatable bonds is 3. The van der Waals surface area contributed by atoms with E-state index in [-0.39, 0.29) is 6.42 Å². The predicted octanol–water partition coefficient (Wildman–Crippen LogP) is 5.17. The Morgan fingerprint density at radius 1 is 1.21 bits per heavy atom. The largest absolute Gasteiger partial charge is 0.388 e. The maximum atomic E-state index is 13.6. The summed E-state index contributed by atoms with van der Waals surface area (Å²) in [5.41, 5.74) is 0.909. The second kappa shape index (κ2) is 6.23. The number of aliphatic hydroxyl groups is 1. The van der Waals surface area contributed by atoms with Gasteiger partial charge in [0.1, 0.15) is 5.82 Å². The van der Waals surface area contributed by atoms with Crippen molar-refractivity contribution in [2.24, 2.45) is 0 Å². The molecule has 0 spiro atoms. The van der Waals surface area contributed by atoms with Gasteiger partial charge in [0.25, 0.3) is 0 Å². The monoisotopic (exact) mass is 362 g/mol. The van der Waals surface area contributed by atoms with E-state index in [1.807, 2.05) is 0 Å². The summed E-state index contributed by atoms with van der Waals surface area (Å²) in [5, 5.41) is 11.0. The minimum absolute atomic E-state index is 0.114. The van der Waals surface area contributed by atoms with E-state index >= 15 is 0 Å². The third-order valence-electron chi connectivity index (χ3n) is 2.76. The molecule has 0 aromatic heterocycles. The average molecular weight is 364 g/mol. The lowest BCUT2D eigenvalue weighted by atomic mass is 10.0. The third kappa shape index (κ3) is 3.48. The van der Waals surface area contributed by atoms with Crippen LogP contribution in [0, 0.1) is 5.82 Å². The molecule has 1 unspecified atom stereocenters. The molecule has 0 aliphatic rings. The van der Waals surface area contributed by atoms with Crippen LogP contribution < -0.4 is 0 Å². The summed E-state index contributed by atoms with van der Waals surface area (Å²) in [6, 6.07) is 9.51. The first-order chi connectivity index (χ1) is 8.99. The van der Waals surface area contributed by atoms with Crippen LogP contribution in [0.2, 0.25) is 10.0 Å². The van der Waals surface area contributed by atoms with Gasteiger partial charge < -0.3 is 5.11 Å². The minimum atomic E-state index is -0.891. The van der Waals surface area contributed by atoms with Crippen LogP contribution in [-0.4, -0.2) is 5.11 Å². The normalized spacial score (nSPS) is 12.5. The molecule has 0 amide bonds. The minimum Gasteiger partial charge on any atom is -0.388 e. The molecular weight excluding hydrogens is 354 g/mol. The molecule has 1 atom stereocenters. The zero-order chi connectivity index (χ0) is 14.0. The van der Waals surface area contributed by atoms with Gasteiger partial charge in [-0.1, -0.05) is 35.3 Å². The Balaban J connectivity index is 2.28. The van der Waals surface area contributed by atoms with Crippen LogP contribution in [0.3, 0.4) is 0 Å². The quantitative estimate of drug-likeness (QED) is 0.797. The molecule has 1 N–H and O–H groups in total. The van der Waals surface area contributed by atoms with Gasteiger partial charge in [0.2, 0.25) is 0 Å². The van der Waals surface area contributed by atoms with Crippen molar-refractivity contribution in [2.75, 3.05) is 0 Å². The van der Waals surface area contributed by atoms with Crippen LogP contribution in [-0.2, 0) is 6.42 Å². The van der Waals surface area contributed by atoms with E-state index in [0.717, 1.165) is 0 Å². The molecule has 0 fully saturated rings. The lowest BCUT2D eigenvalue weighted by molar-refractivity contribution is 0.177. The predicted molar refractivity (Wildman–Crippen MR) is 79.2 cm³/mol. The van der Waals surface area contributed by atoms with Crippen LogP contribution in [0.4, 0.5) is 4.39 Å². The fraction of sp³-hybridized carbons (Fsp3) is 0.143. The van der Waals surface area contributed by atoms with Gasteiger partial charge in [-0.3, -0.25) is 0 Å². The fourth-order valence-corrected chi connectivity index (χ4v) is 2.62. The van der Waals surface area contributed by atoms with E-state index in [1.54, 1.807) is 18.2 Å². The topological polar surface area (TPSA) is 20.2 Å². The fourth-order valence-electron chi connectivity index (χ4n) is 1.80. The molecule has 0 saturated heterocycles. The van der Waals surface area contributed by atoms with E-state index in [2.05, 4.69) is 15.9 Å². The second-order valence-corrected chi connectivity index (χ2v) is 5.77. The molecule has 2 rings (SSSR count). The summed E-state index contributed by atoms with van der Waals surface area (Å²) < 4.78 is 14.3. The van der Waals surface area contributed by atoms with Gasteiger partial charge in [-0.2, -0.15) is 0 Å². The molecule has 1 nitrogen and oxygen atoms in total. The smallest absolute Gasteiger partial charge is 0.126 e. The van der Waals surface area contributed by atoms with E-state index in [9.17, 15) is 9.50 Å². The van der Waals surface area contributed by atoms with Crippen LogP contribution in [0.5, 0.6) is 0 Å². The van der Waals surface area contributed by atoms with Crippen molar-refractivity contribution in [3.63, 3.8) is 0 Å². The summed E-state index contributed by atoms with van der Waals surface area (Å²) in [4.78, 5) is 0. The Morgan fingerprint density at radius 3 is 2.68 bits per heavy atom. The summed E-state index contributed by atoms with van der Waals surface area (Å²) in [7, 11) is 0. The first kappa shape index (κ1) is 14.8. The van der Waals surface area contributed by atoms with Crippen LogP contribution in [0.15, 0.2) is 40.9 Å². The Hall–Kier alpha value is -0.610. The first-order valence-corrected chi connectivity index (χ1v) is 7.10. The maximum Gasteiger partial charge on any atom is 0.126 e. The van der Waals surface area contributed by atoms with E-state index in [0.29, 0.717) is 25.6 Å². The van der Waals surface area contributed by atoms with Gasteiger partial charge in [0, 0.05) is 21.5 Å². The standard InChI is InChI=1S/C14H10BrCl2FO/c15-11-3-1-2-10(14(11)17)13(19)7-8-6-9(16)4-5-12(8)18/h1-6,13,19H,7H2. The van der Waals surface area contributed by atoms with E-state index in [4.69, 9.17) is 23.2 Å². The van der Waals surface area contributed by atoms with Crippen LogP contribution in [0.25, 0.3) is 0 Å². The molecular formula is C14H10BrCl2FO. The van der Waals surface area contributed by atoms with Crippen molar-refractivity contribution in [2.45, 2.75) is 12.5 Å². The average Bonchev–Trinajstić information content (AvgIpc) is 2.37. The Morgan fingerprint density at radius 2 is 1.95 bits per heavy atom. The van der Waals surface area contributed by atoms with E-state index < -0.39 is 11.9 Å². The zero-order valence-electron chi connectivity index (χ0n) is 9.71. The molecule has 5 heteroatoms. The molecule has 0 saturated carbocycles. The van der Waals surface area contributed by atoms with Crippen molar-refractivity contribution in [1.82, 2.24) is 0 Å². The SMILES string of the molecule is OC(Cc1cc(Cl)ccc1F)c1cccc(Br)c1Cl. The Labute approximate surface area is 129 Å². The van der Waals surface area contributed by atoms with Gasteiger partial charge >= 0.3 is 0 Å². The Bertz CT molecular complexity index is 604. The maximum absolute atomic E-state index is 13.6. The molecule has 2 aromatic carbocycles. The molecule has 0 heterocycles. The number of hydrogen-bond donors (Lipinski definition) is 1. The van der Waals surface area contributed by atoms with Gasteiger partial charge in [-0.25, -0.2) is 4.39 Å². The van der Waals surface area contributed by atoms with Gasteiger partial charge in [0.15, 0.2) is 0 Å².